The zero-order valence-corrected chi connectivity index (χ0v) is 12.4. The first kappa shape index (κ1) is 12.4. The van der Waals surface area contributed by atoms with Gasteiger partial charge in [0.25, 0.3) is 0 Å². The van der Waals surface area contributed by atoms with Crippen LogP contribution in [0.1, 0.15) is 38.5 Å². The highest BCUT2D eigenvalue weighted by Crippen LogP contribution is 2.43. The van der Waals surface area contributed by atoms with E-state index in [4.69, 9.17) is 0 Å². The van der Waals surface area contributed by atoms with E-state index in [1.807, 2.05) is 0 Å². The van der Waals surface area contributed by atoms with Gasteiger partial charge >= 0.3 is 0 Å². The molecule has 3 fully saturated rings. The minimum absolute atomic E-state index is 0.639. The Morgan fingerprint density at radius 3 is 2.41 bits per heavy atom. The van der Waals surface area contributed by atoms with Crippen LogP contribution in [0.3, 0.4) is 0 Å². The summed E-state index contributed by atoms with van der Waals surface area (Å²) < 4.78 is 0. The average molecular weight is 301 g/mol. The lowest BCUT2D eigenvalue weighted by atomic mass is 9.70. The third-order valence-corrected chi connectivity index (χ3v) is 6.35. The third kappa shape index (κ3) is 2.57. The first-order chi connectivity index (χ1) is 8.31. The number of nitrogens with zero attached hydrogens (tertiary/aromatic N) is 2. The summed E-state index contributed by atoms with van der Waals surface area (Å²) in [5, 5.41) is 1.21. The van der Waals surface area contributed by atoms with E-state index in [1.54, 1.807) is 0 Å². The van der Waals surface area contributed by atoms with Crippen molar-refractivity contribution in [1.82, 2.24) is 9.80 Å². The monoisotopic (exact) mass is 300 g/mol. The number of rotatable bonds is 4. The van der Waals surface area contributed by atoms with Crippen molar-refractivity contribution >= 4 is 15.9 Å². The molecule has 2 heterocycles. The second-order valence-corrected chi connectivity index (χ2v) is 6.97. The normalized spacial score (nSPS) is 34.1. The summed E-state index contributed by atoms with van der Waals surface area (Å²) in [7, 11) is 0. The molecule has 0 aromatic rings. The van der Waals surface area contributed by atoms with Crippen LogP contribution >= 0.6 is 15.9 Å². The molecule has 2 aliphatic heterocycles. The Morgan fingerprint density at radius 1 is 1.06 bits per heavy atom. The Balaban J connectivity index is 1.50. The molecule has 0 amide bonds. The Kier molecular flexibility index (Phi) is 3.79. The molecule has 0 aromatic carbocycles. The Hall–Kier alpha value is 0.400. The zero-order chi connectivity index (χ0) is 11.7. The molecule has 3 aliphatic rings. The van der Waals surface area contributed by atoms with Gasteiger partial charge in [-0.1, -0.05) is 22.4 Å². The molecule has 1 atom stereocenters. The van der Waals surface area contributed by atoms with Gasteiger partial charge in [0.05, 0.1) is 0 Å². The van der Waals surface area contributed by atoms with Gasteiger partial charge in [0.15, 0.2) is 0 Å². The maximum absolute atomic E-state index is 3.73. The van der Waals surface area contributed by atoms with Gasteiger partial charge in [-0.05, 0) is 57.2 Å². The number of halogens is 1. The highest BCUT2D eigenvalue weighted by atomic mass is 79.9. The highest BCUT2D eigenvalue weighted by Gasteiger charge is 2.39. The fraction of sp³-hybridized carbons (Fsp3) is 1.00. The van der Waals surface area contributed by atoms with Gasteiger partial charge in [0.1, 0.15) is 0 Å². The summed E-state index contributed by atoms with van der Waals surface area (Å²) in [6, 6.07) is 0.880. The third-order valence-electron chi connectivity index (χ3n) is 5.16. The van der Waals surface area contributed by atoms with Crippen molar-refractivity contribution < 1.29 is 0 Å². The second kappa shape index (κ2) is 5.18. The van der Waals surface area contributed by atoms with Crippen molar-refractivity contribution in [3.8, 4) is 0 Å². The van der Waals surface area contributed by atoms with Crippen LogP contribution in [-0.4, -0.2) is 53.9 Å². The summed E-state index contributed by atoms with van der Waals surface area (Å²) >= 11 is 3.73. The Bertz CT molecular complexity index is 253. The van der Waals surface area contributed by atoms with Gasteiger partial charge in [-0.2, -0.15) is 0 Å². The zero-order valence-electron chi connectivity index (χ0n) is 10.8. The largest absolute Gasteiger partial charge is 0.301 e. The van der Waals surface area contributed by atoms with Gasteiger partial charge < -0.3 is 4.90 Å². The van der Waals surface area contributed by atoms with E-state index in [9.17, 15) is 0 Å². The molecule has 0 radical (unpaired) electrons. The van der Waals surface area contributed by atoms with Crippen LogP contribution in [0.5, 0.6) is 0 Å². The van der Waals surface area contributed by atoms with Gasteiger partial charge in [0.2, 0.25) is 0 Å². The Labute approximate surface area is 114 Å². The molecule has 17 heavy (non-hydrogen) atoms. The summed E-state index contributed by atoms with van der Waals surface area (Å²) in [5.41, 5.74) is 0.639. The fourth-order valence-electron chi connectivity index (χ4n) is 3.85. The molecule has 3 heteroatoms. The summed E-state index contributed by atoms with van der Waals surface area (Å²) in [6.45, 7) is 6.76. The van der Waals surface area contributed by atoms with Crippen molar-refractivity contribution in [2.24, 2.45) is 5.41 Å². The summed E-state index contributed by atoms with van der Waals surface area (Å²) in [4.78, 5) is 5.48. The van der Waals surface area contributed by atoms with Crippen LogP contribution in [0.15, 0.2) is 0 Å². The van der Waals surface area contributed by atoms with E-state index in [2.05, 4.69) is 25.7 Å². The summed E-state index contributed by atoms with van der Waals surface area (Å²) in [6.07, 6.45) is 8.63. The molecule has 1 saturated carbocycles. The molecule has 1 unspecified atom stereocenters. The van der Waals surface area contributed by atoms with Crippen molar-refractivity contribution in [3.63, 3.8) is 0 Å². The number of likely N-dealkylation sites (tertiary alicyclic amines) is 2. The first-order valence-electron chi connectivity index (χ1n) is 7.34. The molecule has 0 N–H and O–H groups in total. The second-order valence-electron chi connectivity index (χ2n) is 6.41. The van der Waals surface area contributed by atoms with E-state index in [1.165, 1.54) is 76.6 Å². The van der Waals surface area contributed by atoms with Crippen LogP contribution in [0.2, 0.25) is 0 Å². The topological polar surface area (TPSA) is 6.48 Å². The van der Waals surface area contributed by atoms with Crippen molar-refractivity contribution in [3.05, 3.63) is 0 Å². The molecule has 0 aromatic heterocycles. The number of alkyl halides is 1. The van der Waals surface area contributed by atoms with Gasteiger partial charge in [0, 0.05) is 24.5 Å². The predicted octanol–water partition coefficient (Wildman–Crippen LogP) is 2.72. The first-order valence-corrected chi connectivity index (χ1v) is 8.46. The van der Waals surface area contributed by atoms with Crippen LogP contribution in [0.25, 0.3) is 0 Å². The molecule has 2 saturated heterocycles. The van der Waals surface area contributed by atoms with Gasteiger partial charge in [-0.3, -0.25) is 4.90 Å². The molecular weight excluding hydrogens is 276 g/mol. The lowest BCUT2D eigenvalue weighted by Gasteiger charge is -2.43. The summed E-state index contributed by atoms with van der Waals surface area (Å²) in [5.74, 6) is 0. The Morgan fingerprint density at radius 2 is 1.82 bits per heavy atom. The molecule has 2 nitrogen and oxygen atoms in total. The van der Waals surface area contributed by atoms with E-state index >= 15 is 0 Å². The SMILES string of the molecule is BrCC1(CN2CCC(N3CCCC3)C2)CCC1. The minimum Gasteiger partial charge on any atom is -0.301 e. The molecular formula is C14H25BrN2. The van der Waals surface area contributed by atoms with Crippen LogP contribution < -0.4 is 0 Å². The van der Waals surface area contributed by atoms with Crippen LogP contribution in [0.4, 0.5) is 0 Å². The fourth-order valence-corrected chi connectivity index (χ4v) is 4.58. The van der Waals surface area contributed by atoms with Crippen molar-refractivity contribution in [1.29, 1.82) is 0 Å². The smallest absolute Gasteiger partial charge is 0.0235 e. The predicted molar refractivity (Wildman–Crippen MR) is 75.7 cm³/mol. The molecule has 98 valence electrons. The lowest BCUT2D eigenvalue weighted by Crippen LogP contribution is -2.44. The number of hydrogen-bond acceptors (Lipinski definition) is 2. The molecule has 1 aliphatic carbocycles. The maximum Gasteiger partial charge on any atom is 0.0235 e. The van der Waals surface area contributed by atoms with E-state index in [0.29, 0.717) is 5.41 Å². The molecule has 0 bridgehead atoms. The van der Waals surface area contributed by atoms with Crippen molar-refractivity contribution in [2.75, 3.05) is 38.1 Å². The lowest BCUT2D eigenvalue weighted by molar-refractivity contribution is 0.0997. The molecule has 0 spiro atoms. The van der Waals surface area contributed by atoms with E-state index < -0.39 is 0 Å². The standard InChI is InChI=1S/C14H25BrN2/c15-11-14(5-3-6-14)12-16-9-4-13(10-16)17-7-1-2-8-17/h13H,1-12H2. The van der Waals surface area contributed by atoms with Crippen LogP contribution in [0, 0.1) is 5.41 Å². The van der Waals surface area contributed by atoms with Crippen molar-refractivity contribution in [2.45, 2.75) is 44.6 Å². The minimum atomic E-state index is 0.639. The highest BCUT2D eigenvalue weighted by molar-refractivity contribution is 9.09. The van der Waals surface area contributed by atoms with Gasteiger partial charge in [-0.25, -0.2) is 0 Å². The van der Waals surface area contributed by atoms with E-state index in [0.717, 1.165) is 6.04 Å². The maximum atomic E-state index is 3.73. The van der Waals surface area contributed by atoms with Crippen LogP contribution in [-0.2, 0) is 0 Å². The molecule has 3 rings (SSSR count). The average Bonchev–Trinajstić information content (AvgIpc) is 2.94. The number of hydrogen-bond donors (Lipinski definition) is 0. The van der Waals surface area contributed by atoms with Gasteiger partial charge in [-0.15, -0.1) is 0 Å². The van der Waals surface area contributed by atoms with E-state index in [-0.39, 0.29) is 0 Å². The quantitative estimate of drug-likeness (QED) is 0.737.